The number of rotatable bonds is 2. The van der Waals surface area contributed by atoms with Crippen LogP contribution in [0.3, 0.4) is 0 Å². The number of piperidine rings is 1. The second kappa shape index (κ2) is 3.52. The van der Waals surface area contributed by atoms with Crippen molar-refractivity contribution in [1.29, 1.82) is 0 Å². The van der Waals surface area contributed by atoms with E-state index in [-0.39, 0.29) is 0 Å². The molecule has 1 nitrogen and oxygen atoms in total. The number of hydrogen-bond donors (Lipinski definition) is 0. The Kier molecular flexibility index (Phi) is 3.02. The molecule has 14 heavy (non-hydrogen) atoms. The van der Waals surface area contributed by atoms with E-state index in [1.54, 1.807) is 0 Å². The smallest absolute Gasteiger partial charge is 0.0937 e. The van der Waals surface area contributed by atoms with Crippen molar-refractivity contribution in [3.05, 3.63) is 0 Å². The maximum atomic E-state index is 2.46. The summed E-state index contributed by atoms with van der Waals surface area (Å²) in [7, 11) is 2.46. The molecule has 1 heteroatoms. The summed E-state index contributed by atoms with van der Waals surface area (Å²) in [5.41, 5.74) is 0.912. The van der Waals surface area contributed by atoms with E-state index >= 15 is 0 Å². The molecule has 0 bridgehead atoms. The first kappa shape index (κ1) is 12.0. The monoisotopic (exact) mass is 198 g/mol. The molecule has 0 aromatic rings. The standard InChI is InChI=1S/C13H28N/c1-7-11-14(6)12(2,3)9-8-10-13(14,4)5/h7-11H2,1-6H3/q+1. The SMILES string of the molecule is CCC[N+]1(C)C(C)(C)CCCC1(C)C. The van der Waals surface area contributed by atoms with Crippen molar-refractivity contribution in [3.63, 3.8) is 0 Å². The van der Waals surface area contributed by atoms with Crippen LogP contribution in [0, 0.1) is 0 Å². The van der Waals surface area contributed by atoms with Gasteiger partial charge in [0.2, 0.25) is 0 Å². The lowest BCUT2D eigenvalue weighted by Gasteiger charge is -2.60. The average Bonchev–Trinajstić information content (AvgIpc) is 2.01. The Morgan fingerprint density at radius 2 is 1.43 bits per heavy atom. The van der Waals surface area contributed by atoms with Crippen molar-refractivity contribution in [2.45, 2.75) is 71.4 Å². The van der Waals surface area contributed by atoms with Crippen molar-refractivity contribution in [1.82, 2.24) is 0 Å². The summed E-state index contributed by atoms with van der Waals surface area (Å²) >= 11 is 0. The molecule has 84 valence electrons. The van der Waals surface area contributed by atoms with Crippen molar-refractivity contribution in [2.24, 2.45) is 0 Å². The summed E-state index contributed by atoms with van der Waals surface area (Å²) in [4.78, 5) is 0. The lowest BCUT2D eigenvalue weighted by molar-refractivity contribution is -1.00. The van der Waals surface area contributed by atoms with Crippen LogP contribution in [0.5, 0.6) is 0 Å². The molecule has 0 atom stereocenters. The third-order valence-corrected chi connectivity index (χ3v) is 4.92. The zero-order valence-corrected chi connectivity index (χ0v) is 11.0. The maximum Gasteiger partial charge on any atom is 0.0937 e. The van der Waals surface area contributed by atoms with Gasteiger partial charge in [-0.1, -0.05) is 6.92 Å². The summed E-state index contributed by atoms with van der Waals surface area (Å²) in [6, 6.07) is 0. The molecule has 0 unspecified atom stereocenters. The molecule has 0 spiro atoms. The topological polar surface area (TPSA) is 0 Å². The van der Waals surface area contributed by atoms with E-state index in [0.29, 0.717) is 11.1 Å². The molecular weight excluding hydrogens is 170 g/mol. The highest BCUT2D eigenvalue weighted by atomic mass is 15.4. The third-order valence-electron chi connectivity index (χ3n) is 4.92. The van der Waals surface area contributed by atoms with Gasteiger partial charge in [-0.2, -0.15) is 0 Å². The van der Waals surface area contributed by atoms with Crippen molar-refractivity contribution in [3.8, 4) is 0 Å². The van der Waals surface area contributed by atoms with E-state index in [0.717, 1.165) is 0 Å². The average molecular weight is 198 g/mol. The van der Waals surface area contributed by atoms with Crippen LogP contribution in [0.1, 0.15) is 60.3 Å². The van der Waals surface area contributed by atoms with Crippen LogP contribution < -0.4 is 0 Å². The summed E-state index contributed by atoms with van der Waals surface area (Å²) < 4.78 is 1.25. The zero-order chi connectivity index (χ0) is 11.0. The Bertz CT molecular complexity index is 187. The van der Waals surface area contributed by atoms with Crippen LogP contribution >= 0.6 is 0 Å². The molecule has 0 saturated carbocycles. The lowest BCUT2D eigenvalue weighted by atomic mass is 9.76. The van der Waals surface area contributed by atoms with Crippen LogP contribution in [-0.4, -0.2) is 29.2 Å². The number of quaternary nitrogens is 1. The molecule has 0 radical (unpaired) electrons. The van der Waals surface area contributed by atoms with Crippen molar-refractivity contribution in [2.75, 3.05) is 13.6 Å². The molecule has 1 fully saturated rings. The van der Waals surface area contributed by atoms with Crippen LogP contribution in [-0.2, 0) is 0 Å². The molecule has 0 aromatic carbocycles. The third kappa shape index (κ3) is 1.60. The molecule has 1 aliphatic heterocycles. The zero-order valence-electron chi connectivity index (χ0n) is 11.0. The Morgan fingerprint density at radius 1 is 1.00 bits per heavy atom. The predicted molar refractivity (Wildman–Crippen MR) is 63.4 cm³/mol. The highest BCUT2D eigenvalue weighted by molar-refractivity contribution is 4.85. The quantitative estimate of drug-likeness (QED) is 0.595. The van der Waals surface area contributed by atoms with Gasteiger partial charge in [-0.15, -0.1) is 0 Å². The maximum absolute atomic E-state index is 2.46. The fraction of sp³-hybridized carbons (Fsp3) is 1.00. The summed E-state index contributed by atoms with van der Waals surface area (Å²) in [6.07, 6.45) is 5.46. The Morgan fingerprint density at radius 3 is 1.79 bits per heavy atom. The van der Waals surface area contributed by atoms with Gasteiger partial charge >= 0.3 is 0 Å². The molecule has 1 aliphatic rings. The van der Waals surface area contributed by atoms with Gasteiger partial charge in [0, 0.05) is 12.8 Å². The summed E-state index contributed by atoms with van der Waals surface area (Å²) in [5.74, 6) is 0. The largest absolute Gasteiger partial charge is 0.317 e. The predicted octanol–water partition coefficient (Wildman–Crippen LogP) is 3.58. The van der Waals surface area contributed by atoms with E-state index < -0.39 is 0 Å². The fourth-order valence-electron chi connectivity index (χ4n) is 3.32. The molecule has 0 amide bonds. The minimum atomic E-state index is 0.456. The molecule has 0 N–H and O–H groups in total. The molecule has 1 rings (SSSR count). The Labute approximate surface area is 90.1 Å². The molecule has 1 saturated heterocycles. The normalized spacial score (nSPS) is 28.7. The molecule has 1 heterocycles. The van der Waals surface area contributed by atoms with Gasteiger partial charge in [0.15, 0.2) is 0 Å². The van der Waals surface area contributed by atoms with Gasteiger partial charge < -0.3 is 4.48 Å². The number of nitrogens with zero attached hydrogens (tertiary/aromatic N) is 1. The first-order valence-corrected chi connectivity index (χ1v) is 6.12. The fourth-order valence-corrected chi connectivity index (χ4v) is 3.32. The minimum Gasteiger partial charge on any atom is -0.317 e. The van der Waals surface area contributed by atoms with Gasteiger partial charge in [0.05, 0.1) is 24.7 Å². The van der Waals surface area contributed by atoms with Gasteiger partial charge in [-0.3, -0.25) is 0 Å². The highest BCUT2D eigenvalue weighted by Gasteiger charge is 2.52. The van der Waals surface area contributed by atoms with Gasteiger partial charge in [-0.25, -0.2) is 0 Å². The van der Waals surface area contributed by atoms with E-state index in [9.17, 15) is 0 Å². The molecule has 0 aliphatic carbocycles. The minimum absolute atomic E-state index is 0.456. The first-order chi connectivity index (χ1) is 6.27. The van der Waals surface area contributed by atoms with Crippen molar-refractivity contribution < 1.29 is 4.48 Å². The lowest BCUT2D eigenvalue weighted by Crippen LogP contribution is -2.71. The summed E-state index contributed by atoms with van der Waals surface area (Å²) in [6.45, 7) is 13.4. The molecular formula is C13H28N+. The van der Waals surface area contributed by atoms with Crippen molar-refractivity contribution >= 4 is 0 Å². The van der Waals surface area contributed by atoms with Crippen LogP contribution in [0.15, 0.2) is 0 Å². The van der Waals surface area contributed by atoms with E-state index in [4.69, 9.17) is 0 Å². The Balaban J connectivity index is 3.02. The van der Waals surface area contributed by atoms with Gasteiger partial charge in [0.25, 0.3) is 0 Å². The van der Waals surface area contributed by atoms with Crippen LogP contribution in [0.2, 0.25) is 0 Å². The first-order valence-electron chi connectivity index (χ1n) is 6.12. The van der Waals surface area contributed by atoms with Gasteiger partial charge in [-0.05, 0) is 40.5 Å². The second-order valence-electron chi connectivity index (χ2n) is 6.39. The number of hydrogen-bond acceptors (Lipinski definition) is 0. The van der Waals surface area contributed by atoms with Crippen LogP contribution in [0.4, 0.5) is 0 Å². The van der Waals surface area contributed by atoms with Crippen LogP contribution in [0.25, 0.3) is 0 Å². The number of likely N-dealkylation sites (tertiary alicyclic amines) is 1. The second-order valence-corrected chi connectivity index (χ2v) is 6.39. The molecule has 0 aromatic heterocycles. The van der Waals surface area contributed by atoms with E-state index in [2.05, 4.69) is 41.7 Å². The van der Waals surface area contributed by atoms with E-state index in [1.807, 2.05) is 0 Å². The Hall–Kier alpha value is -0.0400. The van der Waals surface area contributed by atoms with E-state index in [1.165, 1.54) is 36.7 Å². The summed E-state index contributed by atoms with van der Waals surface area (Å²) in [5, 5.41) is 0. The highest BCUT2D eigenvalue weighted by Crippen LogP contribution is 2.44. The van der Waals surface area contributed by atoms with Gasteiger partial charge in [0.1, 0.15) is 0 Å².